The van der Waals surface area contributed by atoms with Gasteiger partial charge in [0.2, 0.25) is 0 Å². The minimum absolute atomic E-state index is 0.340. The molecule has 48 valence electrons. The van der Waals surface area contributed by atoms with Crippen LogP contribution >= 0.6 is 0 Å². The lowest BCUT2D eigenvalue weighted by Gasteiger charge is -2.02. The zero-order valence-corrected chi connectivity index (χ0v) is 5.01. The number of aliphatic hydroxyl groups is 1. The van der Waals surface area contributed by atoms with Gasteiger partial charge in [0, 0.05) is 6.54 Å². The third-order valence-electron chi connectivity index (χ3n) is 0.976. The lowest BCUT2D eigenvalue weighted by atomic mass is 10.2. The van der Waals surface area contributed by atoms with Gasteiger partial charge in [0.15, 0.2) is 0 Å². The minimum Gasteiger partial charge on any atom is -0.392 e. The highest BCUT2D eigenvalue weighted by atomic mass is 16.3. The van der Waals surface area contributed by atoms with E-state index in [1.165, 1.54) is 0 Å². The van der Waals surface area contributed by atoms with E-state index in [2.05, 4.69) is 6.58 Å². The molecule has 2 nitrogen and oxygen atoms in total. The Morgan fingerprint density at radius 1 is 1.75 bits per heavy atom. The van der Waals surface area contributed by atoms with E-state index in [9.17, 15) is 0 Å². The number of allylic oxidation sites excluding steroid dienone is 1. The molecule has 0 saturated heterocycles. The van der Waals surface area contributed by atoms with Crippen LogP contribution in [0.25, 0.3) is 0 Å². The number of hydrogen-bond acceptors (Lipinski definition) is 2. The zero-order chi connectivity index (χ0) is 6.41. The number of aliphatic hydroxyl groups excluding tert-OH is 1. The van der Waals surface area contributed by atoms with E-state index in [0.717, 1.165) is 12.8 Å². The van der Waals surface area contributed by atoms with E-state index >= 15 is 0 Å². The van der Waals surface area contributed by atoms with Gasteiger partial charge in [-0.05, 0) is 12.8 Å². The molecule has 0 aromatic heterocycles. The van der Waals surface area contributed by atoms with E-state index < -0.39 is 0 Å². The Balaban J connectivity index is 2.97. The van der Waals surface area contributed by atoms with E-state index in [1.807, 2.05) is 0 Å². The molecule has 0 rings (SSSR count). The first-order valence-electron chi connectivity index (χ1n) is 2.80. The van der Waals surface area contributed by atoms with Gasteiger partial charge in [-0.1, -0.05) is 6.08 Å². The third kappa shape index (κ3) is 3.84. The number of nitrogens with two attached hydrogens (primary N) is 1. The topological polar surface area (TPSA) is 46.2 Å². The Labute approximate surface area is 50.0 Å². The molecule has 0 fully saturated rings. The summed E-state index contributed by atoms with van der Waals surface area (Å²) in [4.78, 5) is 0. The Bertz CT molecular complexity index is 63.5. The van der Waals surface area contributed by atoms with Crippen molar-refractivity contribution in [2.45, 2.75) is 18.9 Å². The number of rotatable bonds is 4. The molecule has 0 bridgehead atoms. The second-order valence-electron chi connectivity index (χ2n) is 1.76. The largest absolute Gasteiger partial charge is 0.392 e. The summed E-state index contributed by atoms with van der Waals surface area (Å²) >= 11 is 0. The SMILES string of the molecule is C=CCC[C@H](O)CN. The molecule has 0 aromatic rings. The van der Waals surface area contributed by atoms with Crippen molar-refractivity contribution in [3.63, 3.8) is 0 Å². The average molecular weight is 115 g/mol. The molecule has 0 aliphatic heterocycles. The molecule has 0 unspecified atom stereocenters. The fourth-order valence-corrected chi connectivity index (χ4v) is 0.428. The zero-order valence-electron chi connectivity index (χ0n) is 5.01. The quantitative estimate of drug-likeness (QED) is 0.517. The van der Waals surface area contributed by atoms with Crippen molar-refractivity contribution >= 4 is 0 Å². The molecule has 2 heteroatoms. The van der Waals surface area contributed by atoms with E-state index in [0.29, 0.717) is 6.54 Å². The maximum Gasteiger partial charge on any atom is 0.0665 e. The highest BCUT2D eigenvalue weighted by Gasteiger charge is 1.95. The van der Waals surface area contributed by atoms with Crippen molar-refractivity contribution in [3.05, 3.63) is 12.7 Å². The van der Waals surface area contributed by atoms with Crippen molar-refractivity contribution in [2.75, 3.05) is 6.54 Å². The summed E-state index contributed by atoms with van der Waals surface area (Å²) in [6, 6.07) is 0. The molecule has 3 N–H and O–H groups in total. The predicted octanol–water partition coefficient (Wildman–Crippen LogP) is 0.272. The molecular weight excluding hydrogens is 102 g/mol. The van der Waals surface area contributed by atoms with E-state index in [1.54, 1.807) is 6.08 Å². The summed E-state index contributed by atoms with van der Waals surface area (Å²) in [5, 5.41) is 8.82. The Morgan fingerprint density at radius 2 is 2.38 bits per heavy atom. The van der Waals surface area contributed by atoms with Gasteiger partial charge in [0.25, 0.3) is 0 Å². The Kier molecular flexibility index (Phi) is 4.61. The van der Waals surface area contributed by atoms with Gasteiger partial charge in [-0.15, -0.1) is 6.58 Å². The molecule has 0 spiro atoms. The van der Waals surface area contributed by atoms with Gasteiger partial charge in [0.05, 0.1) is 6.10 Å². The first-order valence-corrected chi connectivity index (χ1v) is 2.80. The van der Waals surface area contributed by atoms with Crippen molar-refractivity contribution in [2.24, 2.45) is 5.73 Å². The fraction of sp³-hybridized carbons (Fsp3) is 0.667. The molecule has 0 aliphatic rings. The maximum absolute atomic E-state index is 8.82. The lowest BCUT2D eigenvalue weighted by molar-refractivity contribution is 0.174. The standard InChI is InChI=1S/C6H13NO/c1-2-3-4-6(8)5-7/h2,6,8H,1,3-5,7H2/t6-/m0/s1. The van der Waals surface area contributed by atoms with Crippen LogP contribution in [-0.4, -0.2) is 17.8 Å². The van der Waals surface area contributed by atoms with Crippen LogP contribution in [0.4, 0.5) is 0 Å². The molecule has 8 heavy (non-hydrogen) atoms. The highest BCUT2D eigenvalue weighted by Crippen LogP contribution is 1.93. The van der Waals surface area contributed by atoms with E-state index in [-0.39, 0.29) is 6.10 Å². The van der Waals surface area contributed by atoms with Crippen LogP contribution in [0.15, 0.2) is 12.7 Å². The highest BCUT2D eigenvalue weighted by molar-refractivity contribution is 4.68. The molecular formula is C6H13NO. The van der Waals surface area contributed by atoms with Gasteiger partial charge in [0.1, 0.15) is 0 Å². The Morgan fingerprint density at radius 3 is 2.75 bits per heavy atom. The monoisotopic (exact) mass is 115 g/mol. The van der Waals surface area contributed by atoms with Crippen molar-refractivity contribution in [3.8, 4) is 0 Å². The van der Waals surface area contributed by atoms with Crippen LogP contribution in [0.2, 0.25) is 0 Å². The minimum atomic E-state index is -0.340. The average Bonchev–Trinajstić information content (AvgIpc) is 1.83. The Hall–Kier alpha value is -0.340. The van der Waals surface area contributed by atoms with Crippen LogP contribution in [0, 0.1) is 0 Å². The first kappa shape index (κ1) is 7.66. The maximum atomic E-state index is 8.82. The molecule has 0 aromatic carbocycles. The van der Waals surface area contributed by atoms with E-state index in [4.69, 9.17) is 10.8 Å². The second kappa shape index (κ2) is 4.81. The predicted molar refractivity (Wildman–Crippen MR) is 34.5 cm³/mol. The molecule has 0 aliphatic carbocycles. The van der Waals surface area contributed by atoms with Crippen LogP contribution in [0.3, 0.4) is 0 Å². The number of hydrogen-bond donors (Lipinski definition) is 2. The van der Waals surface area contributed by atoms with Crippen molar-refractivity contribution < 1.29 is 5.11 Å². The van der Waals surface area contributed by atoms with Crippen LogP contribution in [0.5, 0.6) is 0 Å². The molecule has 0 saturated carbocycles. The van der Waals surface area contributed by atoms with Crippen LogP contribution < -0.4 is 5.73 Å². The third-order valence-corrected chi connectivity index (χ3v) is 0.976. The van der Waals surface area contributed by atoms with Crippen molar-refractivity contribution in [1.82, 2.24) is 0 Å². The van der Waals surface area contributed by atoms with Gasteiger partial charge in [-0.2, -0.15) is 0 Å². The summed E-state index contributed by atoms with van der Waals surface area (Å²) < 4.78 is 0. The molecule has 1 atom stereocenters. The summed E-state index contributed by atoms with van der Waals surface area (Å²) in [7, 11) is 0. The van der Waals surface area contributed by atoms with Gasteiger partial charge >= 0.3 is 0 Å². The first-order chi connectivity index (χ1) is 3.81. The van der Waals surface area contributed by atoms with Crippen LogP contribution in [-0.2, 0) is 0 Å². The van der Waals surface area contributed by atoms with Crippen LogP contribution in [0.1, 0.15) is 12.8 Å². The molecule has 0 heterocycles. The molecule has 0 amide bonds. The van der Waals surface area contributed by atoms with Gasteiger partial charge in [-0.25, -0.2) is 0 Å². The summed E-state index contributed by atoms with van der Waals surface area (Å²) in [6.07, 6.45) is 3.02. The fourth-order valence-electron chi connectivity index (χ4n) is 0.428. The summed E-state index contributed by atoms with van der Waals surface area (Å²) in [6.45, 7) is 3.87. The molecule has 0 radical (unpaired) electrons. The second-order valence-corrected chi connectivity index (χ2v) is 1.76. The smallest absolute Gasteiger partial charge is 0.0665 e. The summed E-state index contributed by atoms with van der Waals surface area (Å²) in [5.41, 5.74) is 5.13. The summed E-state index contributed by atoms with van der Waals surface area (Å²) in [5.74, 6) is 0. The van der Waals surface area contributed by atoms with Gasteiger partial charge < -0.3 is 10.8 Å². The van der Waals surface area contributed by atoms with Crippen molar-refractivity contribution in [1.29, 1.82) is 0 Å². The lowest BCUT2D eigenvalue weighted by Crippen LogP contribution is -2.18. The normalized spacial score (nSPS) is 13.2. The van der Waals surface area contributed by atoms with Gasteiger partial charge in [-0.3, -0.25) is 0 Å².